The molecular formula is C31H24N2O. The Labute approximate surface area is 198 Å². The Bertz CT molecular complexity index is 1740. The van der Waals surface area contributed by atoms with Gasteiger partial charge in [-0.15, -0.1) is 0 Å². The van der Waals surface area contributed by atoms with Crippen LogP contribution in [0.4, 0.5) is 0 Å². The van der Waals surface area contributed by atoms with E-state index in [0.717, 1.165) is 39.8 Å². The van der Waals surface area contributed by atoms with Gasteiger partial charge in [-0.2, -0.15) is 0 Å². The van der Waals surface area contributed by atoms with Gasteiger partial charge in [0.25, 0.3) is 0 Å². The van der Waals surface area contributed by atoms with E-state index in [4.69, 9.17) is 4.74 Å². The number of fused-ring (bicyclic) bond motifs is 3. The van der Waals surface area contributed by atoms with Crippen LogP contribution in [-0.4, -0.2) is 9.97 Å². The van der Waals surface area contributed by atoms with Crippen molar-refractivity contribution in [3.05, 3.63) is 95.3 Å². The largest absolute Gasteiger partial charge is 0.456 e. The van der Waals surface area contributed by atoms with Crippen LogP contribution in [0.5, 0.6) is 11.5 Å². The molecule has 1 aliphatic heterocycles. The van der Waals surface area contributed by atoms with E-state index in [-0.39, 0.29) is 5.41 Å². The van der Waals surface area contributed by atoms with Crippen molar-refractivity contribution in [1.82, 2.24) is 9.97 Å². The first kappa shape index (κ1) is 19.5. The molecule has 0 aliphatic carbocycles. The minimum absolute atomic E-state index is 0.234. The van der Waals surface area contributed by atoms with Crippen LogP contribution in [0.25, 0.3) is 43.7 Å². The number of hydrogen-bond acceptors (Lipinski definition) is 3. The summed E-state index contributed by atoms with van der Waals surface area (Å²) in [5, 5.41) is 7.57. The van der Waals surface area contributed by atoms with E-state index in [0.29, 0.717) is 0 Å². The number of benzene rings is 5. The first-order valence-corrected chi connectivity index (χ1v) is 11.8. The second-order valence-electron chi connectivity index (χ2n) is 10.0. The Kier molecular flexibility index (Phi) is 3.75. The lowest BCUT2D eigenvalue weighted by molar-refractivity contribution is 0.423. The van der Waals surface area contributed by atoms with Gasteiger partial charge in [0.2, 0.25) is 0 Å². The zero-order valence-electron chi connectivity index (χ0n) is 19.7. The summed E-state index contributed by atoms with van der Waals surface area (Å²) >= 11 is 0. The van der Waals surface area contributed by atoms with Crippen LogP contribution in [0, 0.1) is 13.8 Å². The molecule has 0 N–H and O–H groups in total. The Hall–Kier alpha value is -3.98. The van der Waals surface area contributed by atoms with Gasteiger partial charge in [-0.05, 0) is 71.8 Å². The Morgan fingerprint density at radius 2 is 1.38 bits per heavy atom. The van der Waals surface area contributed by atoms with Gasteiger partial charge in [-0.3, -0.25) is 0 Å². The van der Waals surface area contributed by atoms with Crippen LogP contribution in [0.2, 0.25) is 0 Å². The first-order chi connectivity index (χ1) is 16.4. The third-order valence-electron chi connectivity index (χ3n) is 7.38. The summed E-state index contributed by atoms with van der Waals surface area (Å²) in [5.74, 6) is 2.64. The Morgan fingerprint density at radius 3 is 2.15 bits per heavy atom. The van der Waals surface area contributed by atoms with Gasteiger partial charge in [0, 0.05) is 44.3 Å². The predicted octanol–water partition coefficient (Wildman–Crippen LogP) is 8.09. The molecule has 1 aliphatic rings. The molecule has 0 spiro atoms. The lowest BCUT2D eigenvalue weighted by Crippen LogP contribution is -2.24. The van der Waals surface area contributed by atoms with Crippen molar-refractivity contribution < 1.29 is 4.74 Å². The summed E-state index contributed by atoms with van der Waals surface area (Å²) in [6, 6.07) is 26.1. The van der Waals surface area contributed by atoms with Gasteiger partial charge in [0.15, 0.2) is 5.82 Å². The highest BCUT2D eigenvalue weighted by atomic mass is 16.5. The fourth-order valence-corrected chi connectivity index (χ4v) is 5.72. The molecule has 0 unspecified atom stereocenters. The average molecular weight is 441 g/mol. The number of rotatable bonds is 1. The number of aromatic nitrogens is 2. The molecule has 6 aromatic rings. The summed E-state index contributed by atoms with van der Waals surface area (Å²) in [6.45, 7) is 8.60. The average Bonchev–Trinajstić information content (AvgIpc) is 2.82. The summed E-state index contributed by atoms with van der Waals surface area (Å²) < 4.78 is 6.67. The molecule has 164 valence electrons. The molecule has 0 saturated carbocycles. The Balaban J connectivity index is 1.48. The third kappa shape index (κ3) is 2.58. The SMILES string of the molecule is Cc1cc(C)nc(-c2ccc3c(c2)C(C)(C)c2cc4ccc5cccc6ccc(c2O3)c4c56)n1. The summed E-state index contributed by atoms with van der Waals surface area (Å²) in [6.07, 6.45) is 0. The van der Waals surface area contributed by atoms with Crippen molar-refractivity contribution in [1.29, 1.82) is 0 Å². The maximum atomic E-state index is 6.67. The molecule has 5 aromatic carbocycles. The second kappa shape index (κ2) is 6.54. The van der Waals surface area contributed by atoms with E-state index < -0.39 is 0 Å². The maximum Gasteiger partial charge on any atom is 0.159 e. The van der Waals surface area contributed by atoms with Crippen LogP contribution in [0.3, 0.4) is 0 Å². The zero-order valence-corrected chi connectivity index (χ0v) is 19.7. The molecular weight excluding hydrogens is 416 g/mol. The third-order valence-corrected chi connectivity index (χ3v) is 7.38. The lowest BCUT2D eigenvalue weighted by atomic mass is 9.73. The van der Waals surface area contributed by atoms with Crippen LogP contribution < -0.4 is 4.74 Å². The fourth-order valence-electron chi connectivity index (χ4n) is 5.72. The van der Waals surface area contributed by atoms with Crippen molar-refractivity contribution in [2.24, 2.45) is 0 Å². The topological polar surface area (TPSA) is 35.0 Å². The van der Waals surface area contributed by atoms with E-state index in [9.17, 15) is 0 Å². The fraction of sp³-hybridized carbons (Fsp3) is 0.161. The highest BCUT2D eigenvalue weighted by Crippen LogP contribution is 2.53. The number of aryl methyl sites for hydroxylation is 2. The van der Waals surface area contributed by atoms with Gasteiger partial charge in [-0.25, -0.2) is 9.97 Å². The van der Waals surface area contributed by atoms with Gasteiger partial charge in [0.1, 0.15) is 11.5 Å². The standard InChI is InChI=1S/C31H24N2O/c1-17-14-18(2)33-30(32-17)22-11-13-26-24(16-22)31(3,4)25-15-21-9-8-19-6-5-7-20-10-12-23(29(25)34-26)28(21)27(19)20/h5-16H,1-4H3. The molecule has 2 heterocycles. The highest BCUT2D eigenvalue weighted by molar-refractivity contribution is 6.24. The van der Waals surface area contributed by atoms with Crippen LogP contribution >= 0.6 is 0 Å². The number of hydrogen-bond donors (Lipinski definition) is 0. The van der Waals surface area contributed by atoms with Gasteiger partial charge in [-0.1, -0.05) is 50.2 Å². The van der Waals surface area contributed by atoms with Gasteiger partial charge < -0.3 is 4.74 Å². The van der Waals surface area contributed by atoms with Crippen LogP contribution in [0.15, 0.2) is 72.8 Å². The monoisotopic (exact) mass is 440 g/mol. The first-order valence-electron chi connectivity index (χ1n) is 11.8. The molecule has 0 atom stereocenters. The minimum Gasteiger partial charge on any atom is -0.456 e. The summed E-state index contributed by atoms with van der Waals surface area (Å²) in [4.78, 5) is 9.38. The molecule has 1 aromatic heterocycles. The normalized spacial score (nSPS) is 14.4. The molecule has 0 bridgehead atoms. The molecule has 0 fully saturated rings. The molecule has 3 nitrogen and oxygen atoms in total. The van der Waals surface area contributed by atoms with Gasteiger partial charge >= 0.3 is 0 Å². The highest BCUT2D eigenvalue weighted by Gasteiger charge is 2.36. The van der Waals surface area contributed by atoms with E-state index in [1.54, 1.807) is 0 Å². The molecule has 34 heavy (non-hydrogen) atoms. The number of ether oxygens (including phenoxy) is 1. The summed E-state index contributed by atoms with van der Waals surface area (Å²) in [7, 11) is 0. The minimum atomic E-state index is -0.234. The van der Waals surface area contributed by atoms with Crippen LogP contribution in [-0.2, 0) is 5.41 Å². The second-order valence-corrected chi connectivity index (χ2v) is 10.0. The Morgan fingerprint density at radius 1 is 0.676 bits per heavy atom. The van der Waals surface area contributed by atoms with E-state index >= 15 is 0 Å². The van der Waals surface area contributed by atoms with Gasteiger partial charge in [0.05, 0.1) is 0 Å². The van der Waals surface area contributed by atoms with E-state index in [2.05, 4.69) is 90.5 Å². The quantitative estimate of drug-likeness (QED) is 0.242. The van der Waals surface area contributed by atoms with Crippen molar-refractivity contribution in [3.8, 4) is 22.9 Å². The van der Waals surface area contributed by atoms with Crippen molar-refractivity contribution in [2.75, 3.05) is 0 Å². The maximum absolute atomic E-state index is 6.67. The van der Waals surface area contributed by atoms with Crippen molar-refractivity contribution >= 4 is 32.3 Å². The molecule has 0 amide bonds. The summed E-state index contributed by atoms with van der Waals surface area (Å²) in [5.41, 5.74) is 5.11. The molecule has 0 radical (unpaired) electrons. The molecule has 0 saturated heterocycles. The predicted molar refractivity (Wildman–Crippen MR) is 139 cm³/mol. The number of nitrogens with zero attached hydrogens (tertiary/aromatic N) is 2. The van der Waals surface area contributed by atoms with E-state index in [1.165, 1.54) is 37.9 Å². The molecule has 3 heteroatoms. The van der Waals surface area contributed by atoms with Crippen molar-refractivity contribution in [3.63, 3.8) is 0 Å². The molecule has 7 rings (SSSR count). The smallest absolute Gasteiger partial charge is 0.159 e. The lowest BCUT2D eigenvalue weighted by Gasteiger charge is -2.36. The zero-order chi connectivity index (χ0) is 23.2. The van der Waals surface area contributed by atoms with E-state index in [1.807, 2.05) is 19.9 Å². The van der Waals surface area contributed by atoms with Crippen molar-refractivity contribution in [2.45, 2.75) is 33.1 Å². The van der Waals surface area contributed by atoms with Crippen LogP contribution in [0.1, 0.15) is 36.4 Å².